The van der Waals surface area contributed by atoms with E-state index in [2.05, 4.69) is 5.32 Å². The Balaban J connectivity index is 2.27. The van der Waals surface area contributed by atoms with Crippen LogP contribution in [0.3, 0.4) is 0 Å². The Kier molecular flexibility index (Phi) is 6.66. The minimum atomic E-state index is -3.85. The third kappa shape index (κ3) is 4.56. The summed E-state index contributed by atoms with van der Waals surface area (Å²) >= 11 is 1.12. The first-order valence-corrected chi connectivity index (χ1v) is 10.7. The van der Waals surface area contributed by atoms with Crippen LogP contribution in [0.25, 0.3) is 0 Å². The van der Waals surface area contributed by atoms with Gasteiger partial charge in [0, 0.05) is 13.6 Å². The zero-order valence-corrected chi connectivity index (χ0v) is 17.0. The number of carbonyl (C=O) groups excluding carboxylic acids is 1. The minimum Gasteiger partial charge on any atom is -0.494 e. The van der Waals surface area contributed by atoms with Crippen molar-refractivity contribution in [1.29, 1.82) is 0 Å². The van der Waals surface area contributed by atoms with Crippen LogP contribution in [0, 0.1) is 5.92 Å². The van der Waals surface area contributed by atoms with Gasteiger partial charge in [0.05, 0.1) is 12.3 Å². The highest BCUT2D eigenvalue weighted by Crippen LogP contribution is 2.29. The quantitative estimate of drug-likeness (QED) is 0.742. The number of hydrogen-bond donors (Lipinski definition) is 1. The van der Waals surface area contributed by atoms with Crippen molar-refractivity contribution < 1.29 is 17.9 Å². The van der Waals surface area contributed by atoms with Crippen LogP contribution < -0.4 is 14.4 Å². The predicted octanol–water partition coefficient (Wildman–Crippen LogP) is 3.36. The number of carbonyl (C=O) groups is 1. The second-order valence-electron chi connectivity index (χ2n) is 6.12. The van der Waals surface area contributed by atoms with E-state index < -0.39 is 10.0 Å². The highest BCUT2D eigenvalue weighted by Gasteiger charge is 2.28. The zero-order valence-electron chi connectivity index (χ0n) is 15.4. The van der Waals surface area contributed by atoms with Gasteiger partial charge in [0.1, 0.15) is 15.5 Å². The van der Waals surface area contributed by atoms with Crippen LogP contribution in [0.15, 0.2) is 40.6 Å². The summed E-state index contributed by atoms with van der Waals surface area (Å²) in [5.74, 6) is 0.587. The molecule has 0 aliphatic heterocycles. The zero-order chi connectivity index (χ0) is 19.3. The average Bonchev–Trinajstić information content (AvgIpc) is 3.10. The molecule has 142 valence electrons. The fraction of sp³-hybridized carbons (Fsp3) is 0.389. The topological polar surface area (TPSA) is 75.7 Å². The Bertz CT molecular complexity index is 842. The lowest BCUT2D eigenvalue weighted by Gasteiger charge is -2.20. The fourth-order valence-corrected chi connectivity index (χ4v) is 4.76. The van der Waals surface area contributed by atoms with E-state index in [0.29, 0.717) is 24.6 Å². The van der Waals surface area contributed by atoms with Gasteiger partial charge >= 0.3 is 0 Å². The molecule has 1 aromatic heterocycles. The molecule has 1 heterocycles. The van der Waals surface area contributed by atoms with Crippen molar-refractivity contribution in [3.8, 4) is 5.75 Å². The Morgan fingerprint density at radius 3 is 2.46 bits per heavy atom. The molecule has 0 saturated heterocycles. The van der Waals surface area contributed by atoms with Gasteiger partial charge in [0.25, 0.3) is 15.9 Å². The molecule has 0 aliphatic rings. The molecule has 0 unspecified atom stereocenters. The summed E-state index contributed by atoms with van der Waals surface area (Å²) in [5, 5.41) is 4.38. The summed E-state index contributed by atoms with van der Waals surface area (Å²) in [7, 11) is -2.38. The molecule has 0 aliphatic carbocycles. The summed E-state index contributed by atoms with van der Waals surface area (Å²) in [6.07, 6.45) is 0. The predicted molar refractivity (Wildman–Crippen MR) is 105 cm³/mol. The molecule has 0 atom stereocenters. The standard InChI is InChI=1S/C18H24N2O4S2/c1-5-24-15-8-6-14(7-9-15)20(4)26(22,23)16-10-11-25-17(16)18(21)19-12-13(2)3/h6-11,13H,5,12H2,1-4H3,(H,19,21). The second kappa shape index (κ2) is 8.55. The van der Waals surface area contributed by atoms with E-state index >= 15 is 0 Å². The largest absolute Gasteiger partial charge is 0.494 e. The fourth-order valence-electron chi connectivity index (χ4n) is 2.25. The SMILES string of the molecule is CCOc1ccc(N(C)S(=O)(=O)c2ccsc2C(=O)NCC(C)C)cc1. The van der Waals surface area contributed by atoms with Crippen LogP contribution in [0.4, 0.5) is 5.69 Å². The number of anilines is 1. The van der Waals surface area contributed by atoms with Crippen molar-refractivity contribution in [2.45, 2.75) is 25.7 Å². The minimum absolute atomic E-state index is 0.0140. The Labute approximate surface area is 158 Å². The molecule has 26 heavy (non-hydrogen) atoms. The number of hydrogen-bond acceptors (Lipinski definition) is 5. The number of thiophene rings is 1. The molecule has 0 saturated carbocycles. The first kappa shape index (κ1) is 20.3. The number of nitrogens with zero attached hydrogens (tertiary/aromatic N) is 1. The maximum absolute atomic E-state index is 13.0. The maximum atomic E-state index is 13.0. The number of ether oxygens (including phenoxy) is 1. The van der Waals surface area contributed by atoms with Crippen molar-refractivity contribution in [2.24, 2.45) is 5.92 Å². The lowest BCUT2D eigenvalue weighted by atomic mass is 10.2. The van der Waals surface area contributed by atoms with Crippen molar-refractivity contribution in [3.05, 3.63) is 40.6 Å². The Morgan fingerprint density at radius 2 is 1.88 bits per heavy atom. The van der Waals surface area contributed by atoms with E-state index in [1.807, 2.05) is 20.8 Å². The van der Waals surface area contributed by atoms with Crippen LogP contribution in [-0.2, 0) is 10.0 Å². The monoisotopic (exact) mass is 396 g/mol. The summed E-state index contributed by atoms with van der Waals surface area (Å²) in [6.45, 7) is 6.87. The molecule has 1 N–H and O–H groups in total. The van der Waals surface area contributed by atoms with Crippen molar-refractivity contribution >= 4 is 33.0 Å². The van der Waals surface area contributed by atoms with Gasteiger partial charge in [-0.3, -0.25) is 9.10 Å². The van der Waals surface area contributed by atoms with Crippen LogP contribution >= 0.6 is 11.3 Å². The molecule has 8 heteroatoms. The average molecular weight is 397 g/mol. The van der Waals surface area contributed by atoms with E-state index in [4.69, 9.17) is 4.74 Å². The van der Waals surface area contributed by atoms with Crippen molar-refractivity contribution in [1.82, 2.24) is 5.32 Å². The normalized spacial score (nSPS) is 11.4. The summed E-state index contributed by atoms with van der Waals surface area (Å²) in [5.41, 5.74) is 0.494. The molecule has 1 aromatic carbocycles. The molecule has 1 amide bonds. The molecule has 0 spiro atoms. The first-order valence-electron chi connectivity index (χ1n) is 8.34. The molecular weight excluding hydrogens is 372 g/mol. The molecule has 6 nitrogen and oxygen atoms in total. The second-order valence-corrected chi connectivity index (χ2v) is 8.97. The molecule has 0 bridgehead atoms. The first-order chi connectivity index (χ1) is 12.3. The highest BCUT2D eigenvalue weighted by molar-refractivity contribution is 7.93. The lowest BCUT2D eigenvalue weighted by molar-refractivity contribution is 0.0950. The molecular formula is C18H24N2O4S2. The number of amides is 1. The number of sulfonamides is 1. The van der Waals surface area contributed by atoms with Crippen LogP contribution in [0.5, 0.6) is 5.75 Å². The summed E-state index contributed by atoms with van der Waals surface area (Å²) < 4.78 is 32.5. The number of rotatable bonds is 8. The van der Waals surface area contributed by atoms with Gasteiger partial charge in [-0.05, 0) is 48.6 Å². The lowest BCUT2D eigenvalue weighted by Crippen LogP contribution is -2.31. The molecule has 2 rings (SSSR count). The van der Waals surface area contributed by atoms with Crippen LogP contribution in [0.2, 0.25) is 0 Å². The Morgan fingerprint density at radius 1 is 1.23 bits per heavy atom. The van der Waals surface area contributed by atoms with E-state index in [1.54, 1.807) is 29.6 Å². The summed E-state index contributed by atoms with van der Waals surface area (Å²) in [4.78, 5) is 12.6. The van der Waals surface area contributed by atoms with Crippen molar-refractivity contribution in [2.75, 3.05) is 24.5 Å². The van der Waals surface area contributed by atoms with E-state index in [1.165, 1.54) is 17.4 Å². The summed E-state index contributed by atoms with van der Waals surface area (Å²) in [6, 6.07) is 8.25. The van der Waals surface area contributed by atoms with Crippen molar-refractivity contribution in [3.63, 3.8) is 0 Å². The third-order valence-electron chi connectivity index (χ3n) is 3.66. The number of nitrogens with one attached hydrogen (secondary N) is 1. The smallest absolute Gasteiger partial charge is 0.265 e. The van der Waals surface area contributed by atoms with Crippen LogP contribution in [0.1, 0.15) is 30.4 Å². The van der Waals surface area contributed by atoms with E-state index in [0.717, 1.165) is 11.3 Å². The van der Waals surface area contributed by atoms with Gasteiger partial charge in [-0.15, -0.1) is 11.3 Å². The molecule has 2 aromatic rings. The van der Waals surface area contributed by atoms with Gasteiger partial charge in [-0.2, -0.15) is 0 Å². The Hall–Kier alpha value is -2.06. The van der Waals surface area contributed by atoms with E-state index in [9.17, 15) is 13.2 Å². The van der Waals surface area contributed by atoms with Gasteiger partial charge in [-0.1, -0.05) is 13.8 Å². The van der Waals surface area contributed by atoms with Gasteiger partial charge in [0.2, 0.25) is 0 Å². The van der Waals surface area contributed by atoms with Gasteiger partial charge in [0.15, 0.2) is 0 Å². The van der Waals surface area contributed by atoms with E-state index in [-0.39, 0.29) is 21.6 Å². The molecule has 0 radical (unpaired) electrons. The van der Waals surface area contributed by atoms with Crippen LogP contribution in [-0.4, -0.2) is 34.5 Å². The maximum Gasteiger partial charge on any atom is 0.265 e. The number of benzene rings is 1. The van der Waals surface area contributed by atoms with Gasteiger partial charge < -0.3 is 10.1 Å². The third-order valence-corrected chi connectivity index (χ3v) is 6.53. The molecule has 0 fully saturated rings. The van der Waals surface area contributed by atoms with Gasteiger partial charge in [-0.25, -0.2) is 8.42 Å². The highest BCUT2D eigenvalue weighted by atomic mass is 32.2.